The van der Waals surface area contributed by atoms with Crippen molar-refractivity contribution in [3.8, 4) is 0 Å². The third kappa shape index (κ3) is 9.52. The van der Waals surface area contributed by atoms with Gasteiger partial charge in [-0.2, -0.15) is 0 Å². The van der Waals surface area contributed by atoms with Gasteiger partial charge in [-0.25, -0.2) is 0 Å². The van der Waals surface area contributed by atoms with Crippen LogP contribution in [0, 0.1) is 6.92 Å². The molecule has 0 aliphatic heterocycles. The van der Waals surface area contributed by atoms with Crippen molar-refractivity contribution in [2.24, 2.45) is 4.99 Å². The smallest absolute Gasteiger partial charge is 0.191 e. The number of hydrogen-bond donors (Lipinski definition) is 2. The zero-order chi connectivity index (χ0) is 19.3. The van der Waals surface area contributed by atoms with Gasteiger partial charge in [0.05, 0.1) is 19.8 Å². The molecule has 0 aliphatic carbocycles. The normalized spacial score (nSPS) is 11.0. The summed E-state index contributed by atoms with van der Waals surface area (Å²) in [6, 6.07) is 16.9. The molecule has 0 bridgehead atoms. The van der Waals surface area contributed by atoms with Gasteiger partial charge < -0.3 is 20.1 Å². The first kappa shape index (κ1) is 24.4. The summed E-state index contributed by atoms with van der Waals surface area (Å²) in [6.07, 6.45) is 0. The average molecular weight is 497 g/mol. The maximum atomic E-state index is 5.64. The van der Waals surface area contributed by atoms with Gasteiger partial charge in [0, 0.05) is 26.7 Å². The predicted molar refractivity (Wildman–Crippen MR) is 126 cm³/mol. The first-order valence-corrected chi connectivity index (χ1v) is 9.44. The van der Waals surface area contributed by atoms with Crippen molar-refractivity contribution in [1.82, 2.24) is 10.6 Å². The average Bonchev–Trinajstić information content (AvgIpc) is 2.69. The monoisotopic (exact) mass is 497 g/mol. The molecule has 0 amide bonds. The lowest BCUT2D eigenvalue weighted by Gasteiger charge is -2.13. The van der Waals surface area contributed by atoms with E-state index in [-0.39, 0.29) is 24.0 Å². The van der Waals surface area contributed by atoms with E-state index in [4.69, 9.17) is 9.47 Å². The second-order valence-corrected chi connectivity index (χ2v) is 6.33. The third-order valence-electron chi connectivity index (χ3n) is 4.10. The van der Waals surface area contributed by atoms with Crippen LogP contribution >= 0.6 is 24.0 Å². The first-order valence-electron chi connectivity index (χ1n) is 9.44. The Labute approximate surface area is 186 Å². The van der Waals surface area contributed by atoms with E-state index < -0.39 is 0 Å². The lowest BCUT2D eigenvalue weighted by Crippen LogP contribution is -2.36. The van der Waals surface area contributed by atoms with E-state index in [0.717, 1.165) is 24.7 Å². The topological polar surface area (TPSA) is 54.9 Å². The van der Waals surface area contributed by atoms with Crippen LogP contribution in [0.3, 0.4) is 0 Å². The minimum atomic E-state index is 0. The highest BCUT2D eigenvalue weighted by atomic mass is 127. The molecule has 28 heavy (non-hydrogen) atoms. The van der Waals surface area contributed by atoms with Crippen LogP contribution in [-0.4, -0.2) is 32.8 Å². The van der Waals surface area contributed by atoms with Crippen LogP contribution in [-0.2, 0) is 29.2 Å². The van der Waals surface area contributed by atoms with E-state index in [9.17, 15) is 0 Å². The van der Waals surface area contributed by atoms with E-state index in [1.54, 1.807) is 7.05 Å². The van der Waals surface area contributed by atoms with Crippen LogP contribution in [0.5, 0.6) is 0 Å². The summed E-state index contributed by atoms with van der Waals surface area (Å²) in [5.41, 5.74) is 4.85. The Balaban J connectivity index is 0.00000392. The molecular weight excluding hydrogens is 465 g/mol. The second-order valence-electron chi connectivity index (χ2n) is 6.33. The second kappa shape index (κ2) is 14.4. The molecule has 2 aromatic carbocycles. The highest BCUT2D eigenvalue weighted by molar-refractivity contribution is 14.0. The van der Waals surface area contributed by atoms with Crippen LogP contribution in [0.15, 0.2) is 53.5 Å². The molecule has 2 rings (SSSR count). The summed E-state index contributed by atoms with van der Waals surface area (Å²) in [6.45, 7) is 8.11. The molecule has 0 fully saturated rings. The maximum Gasteiger partial charge on any atom is 0.191 e. The van der Waals surface area contributed by atoms with Gasteiger partial charge in [0.15, 0.2) is 5.96 Å². The van der Waals surface area contributed by atoms with Crippen molar-refractivity contribution >= 4 is 29.9 Å². The number of aliphatic imine (C=N–C) groups is 1. The fourth-order valence-corrected chi connectivity index (χ4v) is 2.58. The summed E-state index contributed by atoms with van der Waals surface area (Å²) < 4.78 is 10.9. The molecule has 2 N–H and O–H groups in total. The summed E-state index contributed by atoms with van der Waals surface area (Å²) in [7, 11) is 1.78. The van der Waals surface area contributed by atoms with Crippen LogP contribution in [0.1, 0.15) is 29.2 Å². The molecule has 2 aromatic rings. The first-order chi connectivity index (χ1) is 13.2. The van der Waals surface area contributed by atoms with Crippen molar-refractivity contribution in [2.75, 3.05) is 26.9 Å². The number of aryl methyl sites for hydroxylation is 1. The molecular formula is C22H32IN3O2. The quantitative estimate of drug-likeness (QED) is 0.225. The number of guanidine groups is 1. The van der Waals surface area contributed by atoms with Gasteiger partial charge in [-0.15, -0.1) is 24.0 Å². The predicted octanol–water partition coefficient (Wildman–Crippen LogP) is 4.03. The van der Waals surface area contributed by atoms with E-state index >= 15 is 0 Å². The summed E-state index contributed by atoms with van der Waals surface area (Å²) in [5.74, 6) is 0.786. The molecule has 0 spiro atoms. The molecule has 6 heteroatoms. The Bertz CT molecular complexity index is 705. The Hall–Kier alpha value is -1.64. The Kier molecular flexibility index (Phi) is 12.5. The van der Waals surface area contributed by atoms with Crippen LogP contribution in [0.25, 0.3) is 0 Å². The molecule has 0 aromatic heterocycles. The molecule has 5 nitrogen and oxygen atoms in total. The number of rotatable bonds is 10. The Morgan fingerprint density at radius 3 is 2.21 bits per heavy atom. The standard InChI is InChI=1S/C22H31N3O2.HI/c1-4-26-12-13-27-17-21-7-5-6-20(14-21)16-25-22(23-3)24-15-19-10-8-18(2)9-11-19;/h5-11,14H,4,12-13,15-17H2,1-3H3,(H2,23,24,25);1H. The van der Waals surface area contributed by atoms with Gasteiger partial charge >= 0.3 is 0 Å². The van der Waals surface area contributed by atoms with Crippen molar-refractivity contribution < 1.29 is 9.47 Å². The largest absolute Gasteiger partial charge is 0.379 e. The zero-order valence-corrected chi connectivity index (χ0v) is 19.4. The van der Waals surface area contributed by atoms with Gasteiger partial charge in [-0.3, -0.25) is 4.99 Å². The maximum absolute atomic E-state index is 5.64. The Morgan fingerprint density at radius 1 is 0.893 bits per heavy atom. The van der Waals surface area contributed by atoms with Gasteiger partial charge in [0.25, 0.3) is 0 Å². The van der Waals surface area contributed by atoms with Crippen LogP contribution < -0.4 is 10.6 Å². The van der Waals surface area contributed by atoms with Crippen molar-refractivity contribution in [3.05, 3.63) is 70.8 Å². The summed E-state index contributed by atoms with van der Waals surface area (Å²) >= 11 is 0. The van der Waals surface area contributed by atoms with Crippen LogP contribution in [0.2, 0.25) is 0 Å². The molecule has 0 saturated carbocycles. The third-order valence-corrected chi connectivity index (χ3v) is 4.10. The fourth-order valence-electron chi connectivity index (χ4n) is 2.58. The number of ether oxygens (including phenoxy) is 2. The molecule has 0 heterocycles. The zero-order valence-electron chi connectivity index (χ0n) is 17.0. The number of nitrogens with one attached hydrogen (secondary N) is 2. The van der Waals surface area contributed by atoms with Gasteiger partial charge in [-0.1, -0.05) is 54.1 Å². The minimum Gasteiger partial charge on any atom is -0.379 e. The molecule has 0 saturated heterocycles. The van der Waals surface area contributed by atoms with E-state index in [1.165, 1.54) is 16.7 Å². The summed E-state index contributed by atoms with van der Waals surface area (Å²) in [4.78, 5) is 4.29. The molecule has 0 unspecified atom stereocenters. The molecule has 0 atom stereocenters. The van der Waals surface area contributed by atoms with Crippen molar-refractivity contribution in [2.45, 2.75) is 33.5 Å². The van der Waals surface area contributed by atoms with Crippen LogP contribution in [0.4, 0.5) is 0 Å². The minimum absolute atomic E-state index is 0. The van der Waals surface area contributed by atoms with E-state index in [1.807, 2.05) is 6.92 Å². The van der Waals surface area contributed by atoms with Gasteiger partial charge in [-0.05, 0) is 30.5 Å². The highest BCUT2D eigenvalue weighted by Gasteiger charge is 2.01. The highest BCUT2D eigenvalue weighted by Crippen LogP contribution is 2.07. The van der Waals surface area contributed by atoms with Gasteiger partial charge in [0.2, 0.25) is 0 Å². The summed E-state index contributed by atoms with van der Waals surface area (Å²) in [5, 5.41) is 6.70. The number of benzene rings is 2. The lowest BCUT2D eigenvalue weighted by molar-refractivity contribution is 0.0453. The van der Waals surface area contributed by atoms with Gasteiger partial charge in [0.1, 0.15) is 0 Å². The van der Waals surface area contributed by atoms with Crippen molar-refractivity contribution in [3.63, 3.8) is 0 Å². The molecule has 154 valence electrons. The molecule has 0 aliphatic rings. The van der Waals surface area contributed by atoms with Crippen molar-refractivity contribution in [1.29, 1.82) is 0 Å². The van der Waals surface area contributed by atoms with E-state index in [2.05, 4.69) is 71.1 Å². The number of hydrogen-bond acceptors (Lipinski definition) is 3. The number of halogens is 1. The molecule has 0 radical (unpaired) electrons. The van der Waals surface area contributed by atoms with E-state index in [0.29, 0.717) is 26.4 Å². The lowest BCUT2D eigenvalue weighted by atomic mass is 10.1. The Morgan fingerprint density at radius 2 is 1.54 bits per heavy atom. The number of nitrogens with zero attached hydrogens (tertiary/aromatic N) is 1. The SMILES string of the molecule is CCOCCOCc1cccc(CNC(=NC)NCc2ccc(C)cc2)c1.I. The fraction of sp³-hybridized carbons (Fsp3) is 0.409.